The van der Waals surface area contributed by atoms with Gasteiger partial charge in [-0.2, -0.15) is 0 Å². The molecule has 1 saturated heterocycles. The largest absolute Gasteiger partial charge is 0.493 e. The van der Waals surface area contributed by atoms with E-state index in [1.165, 1.54) is 18.1 Å². The molecule has 0 aromatic heterocycles. The summed E-state index contributed by atoms with van der Waals surface area (Å²) in [6, 6.07) is 12.6. The average Bonchev–Trinajstić information content (AvgIpc) is 2.95. The highest BCUT2D eigenvalue weighted by molar-refractivity contribution is 8.18. The Morgan fingerprint density at radius 2 is 1.90 bits per heavy atom. The first kappa shape index (κ1) is 20.5. The second-order valence-corrected chi connectivity index (χ2v) is 7.31. The number of nitrogens with zero attached hydrogens (tertiary/aromatic N) is 1. The maximum atomic E-state index is 12.8. The molecule has 0 bridgehead atoms. The molecule has 2 aromatic carbocycles. The van der Waals surface area contributed by atoms with E-state index >= 15 is 0 Å². The van der Waals surface area contributed by atoms with E-state index in [0.29, 0.717) is 11.3 Å². The number of carboxylic acids is 1. The van der Waals surface area contributed by atoms with Gasteiger partial charge in [-0.15, -0.1) is 0 Å². The molecule has 2 aromatic rings. The van der Waals surface area contributed by atoms with Gasteiger partial charge in [0.1, 0.15) is 0 Å². The van der Waals surface area contributed by atoms with Crippen LogP contribution in [0.1, 0.15) is 16.7 Å². The second-order valence-electron chi connectivity index (χ2n) is 6.31. The van der Waals surface area contributed by atoms with E-state index in [1.807, 2.05) is 31.2 Å². The summed E-state index contributed by atoms with van der Waals surface area (Å²) in [5.74, 6) is -1.02. The van der Waals surface area contributed by atoms with Gasteiger partial charge in [-0.25, -0.2) is 4.79 Å². The maximum Gasteiger partial charge on any atom is 0.341 e. The molecule has 1 fully saturated rings. The second kappa shape index (κ2) is 8.83. The smallest absolute Gasteiger partial charge is 0.341 e. The Kier molecular flexibility index (Phi) is 6.23. The lowest BCUT2D eigenvalue weighted by atomic mass is 10.1. The third-order valence-corrected chi connectivity index (χ3v) is 5.10. The lowest BCUT2D eigenvalue weighted by Gasteiger charge is -2.13. The zero-order valence-corrected chi connectivity index (χ0v) is 16.7. The third-order valence-electron chi connectivity index (χ3n) is 4.19. The molecule has 150 valence electrons. The van der Waals surface area contributed by atoms with E-state index < -0.39 is 18.5 Å². The number of hydrogen-bond donors (Lipinski definition) is 1. The Labute approximate surface area is 171 Å². The summed E-state index contributed by atoms with van der Waals surface area (Å²) in [5.41, 5.74) is 2.40. The van der Waals surface area contributed by atoms with Gasteiger partial charge in [0.2, 0.25) is 0 Å². The minimum atomic E-state index is -1.14. The molecule has 1 aliphatic heterocycles. The average molecular weight is 413 g/mol. The highest BCUT2D eigenvalue weighted by Gasteiger charge is 2.35. The van der Waals surface area contributed by atoms with Crippen molar-refractivity contribution in [2.45, 2.75) is 13.5 Å². The van der Waals surface area contributed by atoms with Crippen LogP contribution in [0, 0.1) is 6.92 Å². The summed E-state index contributed by atoms with van der Waals surface area (Å²) in [5, 5.41) is 8.53. The predicted octanol–water partition coefficient (Wildman–Crippen LogP) is 3.70. The fraction of sp³-hybridized carbons (Fsp3) is 0.190. The van der Waals surface area contributed by atoms with Gasteiger partial charge in [-0.1, -0.05) is 42.0 Å². The lowest BCUT2D eigenvalue weighted by molar-refractivity contribution is -0.139. The van der Waals surface area contributed by atoms with Crippen LogP contribution in [-0.2, 0) is 16.1 Å². The monoisotopic (exact) mass is 413 g/mol. The van der Waals surface area contributed by atoms with Crippen molar-refractivity contribution in [3.8, 4) is 11.5 Å². The van der Waals surface area contributed by atoms with E-state index in [0.717, 1.165) is 22.9 Å². The molecule has 0 atom stereocenters. The van der Waals surface area contributed by atoms with Crippen molar-refractivity contribution in [3.05, 3.63) is 64.1 Å². The predicted molar refractivity (Wildman–Crippen MR) is 109 cm³/mol. The standard InChI is InChI=1S/C21H19NO6S/c1-13-6-8-14(9-7-13)11-22-20(25)17(29-21(22)26)10-15-4-3-5-16(27-2)19(15)28-12-18(23)24/h3-10H,11-12H2,1-2H3,(H,23,24)/b17-10-. The van der Waals surface area contributed by atoms with E-state index in [-0.39, 0.29) is 22.4 Å². The molecular formula is C21H19NO6S. The fourth-order valence-electron chi connectivity index (χ4n) is 2.75. The molecule has 2 amide bonds. The summed E-state index contributed by atoms with van der Waals surface area (Å²) in [7, 11) is 1.43. The molecule has 29 heavy (non-hydrogen) atoms. The molecule has 1 heterocycles. The van der Waals surface area contributed by atoms with Gasteiger partial charge in [0, 0.05) is 5.56 Å². The molecule has 0 radical (unpaired) electrons. The van der Waals surface area contributed by atoms with Gasteiger partial charge in [0.15, 0.2) is 18.1 Å². The minimum Gasteiger partial charge on any atom is -0.493 e. The van der Waals surface area contributed by atoms with Gasteiger partial charge in [-0.05, 0) is 36.4 Å². The van der Waals surface area contributed by atoms with Gasteiger partial charge in [0.25, 0.3) is 11.1 Å². The van der Waals surface area contributed by atoms with Crippen molar-refractivity contribution in [1.82, 2.24) is 4.90 Å². The molecule has 3 rings (SSSR count). The van der Waals surface area contributed by atoms with Gasteiger partial charge >= 0.3 is 5.97 Å². The number of benzene rings is 2. The van der Waals surface area contributed by atoms with E-state index in [4.69, 9.17) is 14.6 Å². The van der Waals surface area contributed by atoms with Gasteiger partial charge in [0.05, 0.1) is 18.6 Å². The number of amides is 2. The van der Waals surface area contributed by atoms with Crippen molar-refractivity contribution < 1.29 is 29.0 Å². The van der Waals surface area contributed by atoms with Gasteiger partial charge < -0.3 is 14.6 Å². The summed E-state index contributed by atoms with van der Waals surface area (Å²) in [4.78, 5) is 37.4. The Bertz CT molecular complexity index is 983. The molecule has 7 nitrogen and oxygen atoms in total. The lowest BCUT2D eigenvalue weighted by Crippen LogP contribution is -2.27. The normalized spacial score (nSPS) is 15.1. The number of carboxylic acid groups (broad SMARTS) is 1. The van der Waals surface area contributed by atoms with E-state index in [2.05, 4.69) is 0 Å². The van der Waals surface area contributed by atoms with Crippen LogP contribution >= 0.6 is 11.8 Å². The molecule has 0 aliphatic carbocycles. The molecule has 0 unspecified atom stereocenters. The zero-order chi connectivity index (χ0) is 21.0. The number of carbonyl (C=O) groups is 3. The number of rotatable bonds is 7. The number of para-hydroxylation sites is 1. The van der Waals surface area contributed by atoms with Crippen molar-refractivity contribution in [2.24, 2.45) is 0 Å². The van der Waals surface area contributed by atoms with Crippen molar-refractivity contribution >= 4 is 35.0 Å². The summed E-state index contributed by atoms with van der Waals surface area (Å²) in [6.45, 7) is 1.59. The third kappa shape index (κ3) is 4.78. The van der Waals surface area contributed by atoms with Crippen LogP contribution in [0.4, 0.5) is 4.79 Å². The summed E-state index contributed by atoms with van der Waals surface area (Å²) < 4.78 is 10.6. The van der Waals surface area contributed by atoms with Crippen LogP contribution in [-0.4, -0.2) is 40.8 Å². The van der Waals surface area contributed by atoms with Crippen molar-refractivity contribution in [2.75, 3.05) is 13.7 Å². The first-order valence-electron chi connectivity index (χ1n) is 8.71. The number of ether oxygens (including phenoxy) is 2. The first-order chi connectivity index (χ1) is 13.9. The Balaban J connectivity index is 1.87. The zero-order valence-electron chi connectivity index (χ0n) is 15.9. The number of aliphatic carboxylic acids is 1. The Morgan fingerprint density at radius 3 is 2.55 bits per heavy atom. The molecule has 1 N–H and O–H groups in total. The van der Waals surface area contributed by atoms with Gasteiger partial charge in [-0.3, -0.25) is 14.5 Å². The molecular weight excluding hydrogens is 394 g/mol. The number of hydrogen-bond acceptors (Lipinski definition) is 6. The number of aryl methyl sites for hydroxylation is 1. The minimum absolute atomic E-state index is 0.183. The highest BCUT2D eigenvalue weighted by atomic mass is 32.2. The summed E-state index contributed by atoms with van der Waals surface area (Å²) in [6.07, 6.45) is 1.51. The van der Waals surface area contributed by atoms with Crippen LogP contribution < -0.4 is 9.47 Å². The van der Waals surface area contributed by atoms with Crippen LogP contribution in [0.25, 0.3) is 6.08 Å². The Morgan fingerprint density at radius 1 is 1.17 bits per heavy atom. The quantitative estimate of drug-likeness (QED) is 0.692. The van der Waals surface area contributed by atoms with E-state index in [1.54, 1.807) is 18.2 Å². The van der Waals surface area contributed by atoms with Crippen LogP contribution in [0.3, 0.4) is 0 Å². The first-order valence-corrected chi connectivity index (χ1v) is 9.53. The van der Waals surface area contributed by atoms with E-state index in [9.17, 15) is 14.4 Å². The van der Waals surface area contributed by atoms with Crippen LogP contribution in [0.5, 0.6) is 11.5 Å². The fourth-order valence-corrected chi connectivity index (χ4v) is 3.58. The molecule has 0 spiro atoms. The summed E-state index contributed by atoms with van der Waals surface area (Å²) >= 11 is 0.831. The number of methoxy groups -OCH3 is 1. The number of imide groups is 1. The number of carbonyl (C=O) groups excluding carboxylic acids is 2. The Hall–Kier alpha value is -3.26. The SMILES string of the molecule is COc1cccc(/C=C2\SC(=O)N(Cc3ccc(C)cc3)C2=O)c1OCC(=O)O. The van der Waals surface area contributed by atoms with Crippen LogP contribution in [0.2, 0.25) is 0 Å². The van der Waals surface area contributed by atoms with Crippen molar-refractivity contribution in [3.63, 3.8) is 0 Å². The molecule has 8 heteroatoms. The molecule has 0 saturated carbocycles. The highest BCUT2D eigenvalue weighted by Crippen LogP contribution is 2.37. The van der Waals surface area contributed by atoms with Crippen LogP contribution in [0.15, 0.2) is 47.4 Å². The van der Waals surface area contributed by atoms with Crippen molar-refractivity contribution in [1.29, 1.82) is 0 Å². The topological polar surface area (TPSA) is 93.1 Å². The maximum absolute atomic E-state index is 12.8. The molecule has 1 aliphatic rings. The number of thioether (sulfide) groups is 1.